The summed E-state index contributed by atoms with van der Waals surface area (Å²) in [6, 6.07) is 6.67. The molecule has 1 saturated heterocycles. The molecular formula is C17H20N2O4S. The normalized spacial score (nSPS) is 17.3. The van der Waals surface area contributed by atoms with E-state index in [0.717, 1.165) is 27.9 Å². The fourth-order valence-electron chi connectivity index (χ4n) is 2.20. The van der Waals surface area contributed by atoms with E-state index in [0.29, 0.717) is 4.91 Å². The third kappa shape index (κ3) is 3.79. The van der Waals surface area contributed by atoms with Gasteiger partial charge in [-0.1, -0.05) is 12.1 Å². The number of hydrogen-bond acceptors (Lipinski definition) is 6. The molecule has 1 aromatic carbocycles. The minimum absolute atomic E-state index is 0.202. The van der Waals surface area contributed by atoms with Gasteiger partial charge in [-0.3, -0.25) is 14.5 Å². The Hall–Kier alpha value is -2.28. The first-order chi connectivity index (χ1) is 11.3. The largest absolute Gasteiger partial charge is 0.464 e. The van der Waals surface area contributed by atoms with Gasteiger partial charge in [0.15, 0.2) is 0 Å². The zero-order chi connectivity index (χ0) is 17.9. The monoisotopic (exact) mass is 348 g/mol. The number of benzene rings is 1. The third-order valence-electron chi connectivity index (χ3n) is 3.55. The lowest BCUT2D eigenvalue weighted by Gasteiger charge is -2.19. The Labute approximate surface area is 145 Å². The van der Waals surface area contributed by atoms with Crippen LogP contribution in [0, 0.1) is 0 Å². The molecule has 0 bridgehead atoms. The van der Waals surface area contributed by atoms with Crippen molar-refractivity contribution in [1.29, 1.82) is 0 Å². The second-order valence-electron chi connectivity index (χ2n) is 5.47. The molecule has 0 radical (unpaired) electrons. The molecule has 0 saturated carbocycles. The molecular weight excluding hydrogens is 328 g/mol. The summed E-state index contributed by atoms with van der Waals surface area (Å²) >= 11 is 0.831. The molecule has 24 heavy (non-hydrogen) atoms. The van der Waals surface area contributed by atoms with Gasteiger partial charge in [0.2, 0.25) is 0 Å². The number of thioether (sulfide) groups is 1. The van der Waals surface area contributed by atoms with Crippen LogP contribution in [0.25, 0.3) is 6.08 Å². The molecule has 0 unspecified atom stereocenters. The molecule has 1 aliphatic rings. The molecule has 1 aromatic rings. The smallest absolute Gasteiger partial charge is 0.329 e. The number of carbonyl (C=O) groups excluding carboxylic acids is 3. The van der Waals surface area contributed by atoms with Crippen LogP contribution in [0.1, 0.15) is 19.4 Å². The highest BCUT2D eigenvalue weighted by Crippen LogP contribution is 2.34. The van der Waals surface area contributed by atoms with E-state index >= 15 is 0 Å². The Kier molecular flexibility index (Phi) is 5.66. The Morgan fingerprint density at radius 2 is 1.92 bits per heavy atom. The molecule has 0 N–H and O–H groups in total. The van der Waals surface area contributed by atoms with Gasteiger partial charge in [0.25, 0.3) is 11.1 Å². The van der Waals surface area contributed by atoms with Gasteiger partial charge in [-0.15, -0.1) is 0 Å². The van der Waals surface area contributed by atoms with Crippen LogP contribution < -0.4 is 4.90 Å². The lowest BCUT2D eigenvalue weighted by molar-refractivity contribution is -0.150. The number of hydrogen-bond donors (Lipinski definition) is 0. The standard InChI is InChI=1S/C17H20N2O4S/c1-5-23-16(21)11(2)19-15(20)14(24-17(19)22)10-12-6-8-13(9-7-12)18(3)4/h6-11H,5H2,1-4H3/b14-10-/t11-/m0/s1. The Balaban J connectivity index is 2.19. The zero-order valence-corrected chi connectivity index (χ0v) is 14.9. The maximum atomic E-state index is 12.4. The third-order valence-corrected chi connectivity index (χ3v) is 4.43. The van der Waals surface area contributed by atoms with E-state index in [4.69, 9.17) is 4.74 Å². The van der Waals surface area contributed by atoms with Gasteiger partial charge in [-0.25, -0.2) is 4.79 Å². The van der Waals surface area contributed by atoms with E-state index in [1.807, 2.05) is 43.3 Å². The number of esters is 1. The average molecular weight is 348 g/mol. The number of nitrogens with zero attached hydrogens (tertiary/aromatic N) is 2. The van der Waals surface area contributed by atoms with Gasteiger partial charge in [0, 0.05) is 19.8 Å². The fourth-order valence-corrected chi connectivity index (χ4v) is 3.11. The van der Waals surface area contributed by atoms with Crippen molar-refractivity contribution in [2.75, 3.05) is 25.6 Å². The van der Waals surface area contributed by atoms with E-state index in [1.165, 1.54) is 6.92 Å². The fraction of sp³-hybridized carbons (Fsp3) is 0.353. The number of carbonyl (C=O) groups is 3. The summed E-state index contributed by atoms with van der Waals surface area (Å²) in [6.45, 7) is 3.37. The molecule has 1 aliphatic heterocycles. The summed E-state index contributed by atoms with van der Waals surface area (Å²) in [6.07, 6.45) is 1.65. The van der Waals surface area contributed by atoms with Crippen molar-refractivity contribution in [3.05, 3.63) is 34.7 Å². The number of ether oxygens (including phenoxy) is 1. The van der Waals surface area contributed by atoms with E-state index in [9.17, 15) is 14.4 Å². The number of anilines is 1. The first kappa shape index (κ1) is 18.1. The second-order valence-corrected chi connectivity index (χ2v) is 6.46. The van der Waals surface area contributed by atoms with Crippen LogP contribution in [0.15, 0.2) is 29.2 Å². The lowest BCUT2D eigenvalue weighted by Crippen LogP contribution is -2.42. The first-order valence-corrected chi connectivity index (χ1v) is 8.38. The lowest BCUT2D eigenvalue weighted by atomic mass is 10.2. The predicted octanol–water partition coefficient (Wildman–Crippen LogP) is 2.74. The summed E-state index contributed by atoms with van der Waals surface area (Å²) in [5.41, 5.74) is 1.85. The molecule has 1 fully saturated rings. The van der Waals surface area contributed by atoms with Crippen LogP contribution in [-0.2, 0) is 14.3 Å². The summed E-state index contributed by atoms with van der Waals surface area (Å²) in [7, 11) is 3.88. The highest BCUT2D eigenvalue weighted by Gasteiger charge is 2.41. The average Bonchev–Trinajstić information content (AvgIpc) is 2.81. The highest BCUT2D eigenvalue weighted by atomic mass is 32.2. The molecule has 2 amide bonds. The topological polar surface area (TPSA) is 66.9 Å². The van der Waals surface area contributed by atoms with Crippen molar-refractivity contribution in [1.82, 2.24) is 4.90 Å². The van der Waals surface area contributed by atoms with Crippen LogP contribution in [0.4, 0.5) is 10.5 Å². The van der Waals surface area contributed by atoms with Crippen LogP contribution in [0.5, 0.6) is 0 Å². The van der Waals surface area contributed by atoms with Crippen LogP contribution >= 0.6 is 11.8 Å². The van der Waals surface area contributed by atoms with Gasteiger partial charge in [0.05, 0.1) is 11.5 Å². The molecule has 128 valence electrons. The van der Waals surface area contributed by atoms with Crippen molar-refractivity contribution in [3.63, 3.8) is 0 Å². The minimum atomic E-state index is -0.931. The first-order valence-electron chi connectivity index (χ1n) is 7.56. The molecule has 6 nitrogen and oxygen atoms in total. The van der Waals surface area contributed by atoms with Gasteiger partial charge < -0.3 is 9.64 Å². The maximum absolute atomic E-state index is 12.4. The molecule has 0 aliphatic carbocycles. The van der Waals surface area contributed by atoms with Crippen molar-refractivity contribution >= 4 is 40.6 Å². The highest BCUT2D eigenvalue weighted by molar-refractivity contribution is 8.18. The van der Waals surface area contributed by atoms with Crippen molar-refractivity contribution in [3.8, 4) is 0 Å². The van der Waals surface area contributed by atoms with E-state index in [-0.39, 0.29) is 6.61 Å². The second kappa shape index (κ2) is 7.53. The van der Waals surface area contributed by atoms with Gasteiger partial charge in [0.1, 0.15) is 6.04 Å². The Morgan fingerprint density at radius 1 is 1.29 bits per heavy atom. The van der Waals surface area contributed by atoms with Crippen molar-refractivity contribution in [2.24, 2.45) is 0 Å². The molecule has 0 aromatic heterocycles. The van der Waals surface area contributed by atoms with Crippen LogP contribution in [0.2, 0.25) is 0 Å². The van der Waals surface area contributed by atoms with Crippen molar-refractivity contribution < 1.29 is 19.1 Å². The summed E-state index contributed by atoms with van der Waals surface area (Å²) < 4.78 is 4.88. The van der Waals surface area contributed by atoms with E-state index in [2.05, 4.69) is 0 Å². The maximum Gasteiger partial charge on any atom is 0.329 e. The molecule has 0 spiro atoms. The Bertz CT molecular complexity index is 682. The van der Waals surface area contributed by atoms with Gasteiger partial charge in [-0.2, -0.15) is 0 Å². The quantitative estimate of drug-likeness (QED) is 0.602. The van der Waals surface area contributed by atoms with E-state index < -0.39 is 23.2 Å². The Morgan fingerprint density at radius 3 is 2.46 bits per heavy atom. The molecule has 7 heteroatoms. The zero-order valence-electron chi connectivity index (χ0n) is 14.1. The number of rotatable bonds is 5. The number of amides is 2. The SMILES string of the molecule is CCOC(=O)[C@H](C)N1C(=O)S/C(=C\c2ccc(N(C)C)cc2)C1=O. The predicted molar refractivity (Wildman–Crippen MR) is 94.7 cm³/mol. The molecule has 1 atom stereocenters. The van der Waals surface area contributed by atoms with Gasteiger partial charge >= 0.3 is 5.97 Å². The summed E-state index contributed by atoms with van der Waals surface area (Å²) in [5.74, 6) is -1.06. The molecule has 1 heterocycles. The summed E-state index contributed by atoms with van der Waals surface area (Å²) in [4.78, 5) is 39.5. The van der Waals surface area contributed by atoms with Crippen LogP contribution in [-0.4, -0.2) is 48.8 Å². The van der Waals surface area contributed by atoms with Crippen LogP contribution in [0.3, 0.4) is 0 Å². The molecule has 2 rings (SSSR count). The number of imide groups is 1. The summed E-state index contributed by atoms with van der Waals surface area (Å²) in [5, 5.41) is -0.461. The van der Waals surface area contributed by atoms with Gasteiger partial charge in [-0.05, 0) is 49.4 Å². The van der Waals surface area contributed by atoms with Crippen molar-refractivity contribution in [2.45, 2.75) is 19.9 Å². The van der Waals surface area contributed by atoms with E-state index in [1.54, 1.807) is 13.0 Å². The minimum Gasteiger partial charge on any atom is -0.464 e.